The van der Waals surface area contributed by atoms with Gasteiger partial charge in [-0.05, 0) is 42.5 Å². The smallest absolute Gasteiger partial charge is 0.261 e. The van der Waals surface area contributed by atoms with Gasteiger partial charge in [0.25, 0.3) is 15.9 Å². The second-order valence-electron chi connectivity index (χ2n) is 6.20. The highest BCUT2D eigenvalue weighted by Crippen LogP contribution is 2.20. The zero-order valence-electron chi connectivity index (χ0n) is 15.3. The molecule has 6 nitrogen and oxygen atoms in total. The molecule has 0 saturated heterocycles. The predicted octanol–water partition coefficient (Wildman–Crippen LogP) is 3.76. The fourth-order valence-corrected chi connectivity index (χ4v) is 3.69. The van der Waals surface area contributed by atoms with Crippen LogP contribution in [0.4, 0.5) is 14.5 Å². The van der Waals surface area contributed by atoms with E-state index < -0.39 is 33.6 Å². The summed E-state index contributed by atoms with van der Waals surface area (Å²) in [5, 5.41) is 11.6. The minimum absolute atomic E-state index is 0.0654. The van der Waals surface area contributed by atoms with Crippen molar-refractivity contribution in [2.45, 2.75) is 10.9 Å². The molecule has 30 heavy (non-hydrogen) atoms. The number of sulfonamides is 1. The SMILES string of the molecule is N#CC(NC(=O)c1ccc(S(=O)(=O)Nc2ccccc2)cc1)c1ccc(F)cc1F. The lowest BCUT2D eigenvalue weighted by Crippen LogP contribution is -2.28. The first-order valence-electron chi connectivity index (χ1n) is 8.63. The van der Waals surface area contributed by atoms with E-state index in [1.54, 1.807) is 36.4 Å². The summed E-state index contributed by atoms with van der Waals surface area (Å²) in [6, 6.07) is 16.4. The number of amides is 1. The predicted molar refractivity (Wildman–Crippen MR) is 106 cm³/mol. The van der Waals surface area contributed by atoms with E-state index in [9.17, 15) is 27.3 Å². The molecule has 1 amide bonds. The van der Waals surface area contributed by atoms with Crippen molar-refractivity contribution in [3.05, 3.63) is 95.6 Å². The summed E-state index contributed by atoms with van der Waals surface area (Å²) in [4.78, 5) is 12.3. The van der Waals surface area contributed by atoms with Crippen molar-refractivity contribution in [2.75, 3.05) is 4.72 Å². The van der Waals surface area contributed by atoms with E-state index >= 15 is 0 Å². The highest BCUT2D eigenvalue weighted by Gasteiger charge is 2.20. The molecule has 1 atom stereocenters. The highest BCUT2D eigenvalue weighted by atomic mass is 32.2. The van der Waals surface area contributed by atoms with Gasteiger partial charge in [0, 0.05) is 22.9 Å². The molecule has 0 radical (unpaired) electrons. The molecular formula is C21H15F2N3O3S. The Balaban J connectivity index is 1.75. The first-order valence-corrected chi connectivity index (χ1v) is 10.1. The van der Waals surface area contributed by atoms with E-state index in [2.05, 4.69) is 10.0 Å². The molecule has 152 valence electrons. The number of rotatable bonds is 6. The Hall–Kier alpha value is -3.77. The number of nitrogens with one attached hydrogen (secondary N) is 2. The topological polar surface area (TPSA) is 99.1 Å². The molecule has 3 rings (SSSR count). The normalized spacial score (nSPS) is 11.9. The number of anilines is 1. The third-order valence-electron chi connectivity index (χ3n) is 4.13. The van der Waals surface area contributed by atoms with E-state index in [0.717, 1.165) is 12.1 Å². The van der Waals surface area contributed by atoms with Gasteiger partial charge in [-0.15, -0.1) is 0 Å². The Kier molecular flexibility index (Phi) is 6.09. The maximum Gasteiger partial charge on any atom is 0.261 e. The van der Waals surface area contributed by atoms with Crippen LogP contribution < -0.4 is 10.0 Å². The molecule has 0 spiro atoms. The number of hydrogen-bond acceptors (Lipinski definition) is 4. The van der Waals surface area contributed by atoms with E-state index in [4.69, 9.17) is 0 Å². The van der Waals surface area contributed by atoms with Crippen LogP contribution in [0.2, 0.25) is 0 Å². The van der Waals surface area contributed by atoms with Crippen LogP contribution in [0.3, 0.4) is 0 Å². The van der Waals surface area contributed by atoms with Gasteiger partial charge >= 0.3 is 0 Å². The Morgan fingerprint density at radius 2 is 1.63 bits per heavy atom. The second kappa shape index (κ2) is 8.71. The molecule has 3 aromatic carbocycles. The van der Waals surface area contributed by atoms with Gasteiger partial charge in [0.1, 0.15) is 17.7 Å². The molecule has 2 N–H and O–H groups in total. The van der Waals surface area contributed by atoms with E-state index in [0.29, 0.717) is 11.8 Å². The highest BCUT2D eigenvalue weighted by molar-refractivity contribution is 7.92. The molecule has 0 aliphatic rings. The minimum atomic E-state index is -3.86. The maximum atomic E-state index is 13.9. The molecule has 9 heteroatoms. The maximum absolute atomic E-state index is 13.9. The van der Waals surface area contributed by atoms with Crippen LogP contribution in [0.5, 0.6) is 0 Å². The monoisotopic (exact) mass is 427 g/mol. The van der Waals surface area contributed by atoms with Gasteiger partial charge in [-0.2, -0.15) is 5.26 Å². The van der Waals surface area contributed by atoms with Crippen molar-refractivity contribution in [1.29, 1.82) is 5.26 Å². The Morgan fingerprint density at radius 1 is 0.967 bits per heavy atom. The fourth-order valence-electron chi connectivity index (χ4n) is 2.64. The molecular weight excluding hydrogens is 412 g/mol. The third kappa shape index (κ3) is 4.79. The molecule has 0 aliphatic carbocycles. The lowest BCUT2D eigenvalue weighted by molar-refractivity contribution is 0.0944. The number of nitriles is 1. The van der Waals surface area contributed by atoms with Crippen molar-refractivity contribution in [2.24, 2.45) is 0 Å². The number of hydrogen-bond donors (Lipinski definition) is 2. The second-order valence-corrected chi connectivity index (χ2v) is 7.88. The van der Waals surface area contributed by atoms with Crippen molar-refractivity contribution >= 4 is 21.6 Å². The summed E-state index contributed by atoms with van der Waals surface area (Å²) in [6.45, 7) is 0. The van der Waals surface area contributed by atoms with Crippen molar-refractivity contribution in [3.63, 3.8) is 0 Å². The van der Waals surface area contributed by atoms with Gasteiger partial charge in [0.05, 0.1) is 11.0 Å². The van der Waals surface area contributed by atoms with Gasteiger partial charge in [0.15, 0.2) is 0 Å². The molecule has 3 aromatic rings. The number of carbonyl (C=O) groups excluding carboxylic acids is 1. The average molecular weight is 427 g/mol. The van der Waals surface area contributed by atoms with Crippen molar-refractivity contribution in [1.82, 2.24) is 5.32 Å². The van der Waals surface area contributed by atoms with Crippen LogP contribution in [0, 0.1) is 23.0 Å². The molecule has 0 aliphatic heterocycles. The largest absolute Gasteiger partial charge is 0.332 e. The third-order valence-corrected chi connectivity index (χ3v) is 5.53. The van der Waals surface area contributed by atoms with Gasteiger partial charge in [-0.1, -0.05) is 24.3 Å². The van der Waals surface area contributed by atoms with Gasteiger partial charge in [0.2, 0.25) is 0 Å². The zero-order valence-corrected chi connectivity index (χ0v) is 16.2. The van der Waals surface area contributed by atoms with Crippen LogP contribution in [0.1, 0.15) is 22.0 Å². The molecule has 0 bridgehead atoms. The van der Waals surface area contributed by atoms with Crippen molar-refractivity contribution in [3.8, 4) is 6.07 Å². The Bertz CT molecular complexity index is 1210. The lowest BCUT2D eigenvalue weighted by Gasteiger charge is -2.13. The molecule has 1 unspecified atom stereocenters. The minimum Gasteiger partial charge on any atom is -0.332 e. The number of para-hydroxylation sites is 1. The van der Waals surface area contributed by atoms with E-state index in [1.165, 1.54) is 24.3 Å². The summed E-state index contributed by atoms with van der Waals surface area (Å²) < 4.78 is 54.2. The van der Waals surface area contributed by atoms with Crippen LogP contribution in [-0.2, 0) is 10.0 Å². The Morgan fingerprint density at radius 3 is 2.23 bits per heavy atom. The van der Waals surface area contributed by atoms with Crippen LogP contribution >= 0.6 is 0 Å². The number of benzene rings is 3. The van der Waals surface area contributed by atoms with Crippen LogP contribution in [0.15, 0.2) is 77.7 Å². The summed E-state index contributed by atoms with van der Waals surface area (Å²) in [7, 11) is -3.86. The first-order chi connectivity index (χ1) is 14.3. The summed E-state index contributed by atoms with van der Waals surface area (Å²) in [5.41, 5.74) is 0.271. The van der Waals surface area contributed by atoms with Crippen molar-refractivity contribution < 1.29 is 22.0 Å². The zero-order chi connectivity index (χ0) is 21.7. The number of carbonyl (C=O) groups is 1. The standard InChI is InChI=1S/C21H15F2N3O3S/c22-15-8-11-18(19(23)12-15)20(13-24)25-21(27)14-6-9-17(10-7-14)30(28,29)26-16-4-2-1-3-5-16/h1-12,20,26H,(H,25,27). The summed E-state index contributed by atoms with van der Waals surface area (Å²) in [6.07, 6.45) is 0. The average Bonchev–Trinajstić information content (AvgIpc) is 2.73. The first kappa shape index (κ1) is 21.0. The van der Waals surface area contributed by atoms with Gasteiger partial charge < -0.3 is 5.32 Å². The summed E-state index contributed by atoms with van der Waals surface area (Å²) in [5.74, 6) is -2.49. The van der Waals surface area contributed by atoms with Crippen LogP contribution in [-0.4, -0.2) is 14.3 Å². The van der Waals surface area contributed by atoms with E-state index in [1.807, 2.05) is 0 Å². The summed E-state index contributed by atoms with van der Waals surface area (Å²) >= 11 is 0. The van der Waals surface area contributed by atoms with Crippen LogP contribution in [0.25, 0.3) is 0 Å². The van der Waals surface area contributed by atoms with E-state index in [-0.39, 0.29) is 16.0 Å². The molecule has 0 fully saturated rings. The molecule has 0 heterocycles. The molecule has 0 aromatic heterocycles. The van der Waals surface area contributed by atoms with Gasteiger partial charge in [-0.25, -0.2) is 17.2 Å². The fraction of sp³-hybridized carbons (Fsp3) is 0.0476. The quantitative estimate of drug-likeness (QED) is 0.626. The number of nitrogens with zero attached hydrogens (tertiary/aromatic N) is 1. The lowest BCUT2D eigenvalue weighted by atomic mass is 10.1. The number of halogens is 2. The Labute approximate surface area is 171 Å². The molecule has 0 saturated carbocycles. The van der Waals surface area contributed by atoms with Gasteiger partial charge in [-0.3, -0.25) is 9.52 Å².